The quantitative estimate of drug-likeness (QED) is 0.794. The van der Waals surface area contributed by atoms with E-state index in [1.807, 2.05) is 24.3 Å². The second-order valence-electron chi connectivity index (χ2n) is 4.57. The molecule has 0 aromatic heterocycles. The molecule has 1 saturated heterocycles. The van der Waals surface area contributed by atoms with Gasteiger partial charge in [-0.05, 0) is 11.1 Å². The van der Waals surface area contributed by atoms with Gasteiger partial charge in [-0.25, -0.2) is 0 Å². The number of rotatable bonds is 1. The zero-order valence-electron chi connectivity index (χ0n) is 9.75. The van der Waals surface area contributed by atoms with Gasteiger partial charge < -0.3 is 9.84 Å². The highest BCUT2D eigenvalue weighted by Crippen LogP contribution is 2.30. The van der Waals surface area contributed by atoms with E-state index in [1.54, 1.807) is 0 Å². The van der Waals surface area contributed by atoms with Gasteiger partial charge in [0.25, 0.3) is 0 Å². The van der Waals surface area contributed by atoms with Crippen molar-refractivity contribution in [2.75, 3.05) is 26.3 Å². The molecule has 0 saturated carbocycles. The first-order valence-electron chi connectivity index (χ1n) is 6.13. The third kappa shape index (κ3) is 2.02. The van der Waals surface area contributed by atoms with Crippen LogP contribution in [-0.2, 0) is 4.74 Å². The van der Waals surface area contributed by atoms with Gasteiger partial charge in [-0.2, -0.15) is 0 Å². The van der Waals surface area contributed by atoms with Crippen LogP contribution < -0.4 is 0 Å². The predicted octanol–water partition coefficient (Wildman–Crippen LogP) is 1.45. The minimum Gasteiger partial charge on any atom is -0.386 e. The molecule has 1 heterocycles. The standard InChI is InChI=1S/C14H17NO2/c16-14-12-4-2-1-3-11(12)5-6-13(14)15-7-9-17-10-8-15/h1-6,13-14,16H,7-10H2. The molecule has 1 aliphatic heterocycles. The van der Waals surface area contributed by atoms with E-state index < -0.39 is 6.10 Å². The monoisotopic (exact) mass is 231 g/mol. The minimum atomic E-state index is -0.422. The Morgan fingerprint density at radius 1 is 1.18 bits per heavy atom. The molecule has 17 heavy (non-hydrogen) atoms. The van der Waals surface area contributed by atoms with Crippen LogP contribution >= 0.6 is 0 Å². The minimum absolute atomic E-state index is 0.0915. The number of hydrogen-bond donors (Lipinski definition) is 1. The maximum atomic E-state index is 10.4. The first-order chi connectivity index (χ1) is 8.36. The summed E-state index contributed by atoms with van der Waals surface area (Å²) in [6.07, 6.45) is 3.80. The Balaban J connectivity index is 1.85. The summed E-state index contributed by atoms with van der Waals surface area (Å²) in [6.45, 7) is 3.32. The fourth-order valence-corrected chi connectivity index (χ4v) is 2.62. The van der Waals surface area contributed by atoms with Crippen molar-refractivity contribution in [2.24, 2.45) is 0 Å². The van der Waals surface area contributed by atoms with E-state index in [-0.39, 0.29) is 6.04 Å². The van der Waals surface area contributed by atoms with Crippen LogP contribution in [0.3, 0.4) is 0 Å². The van der Waals surface area contributed by atoms with Gasteiger partial charge in [0, 0.05) is 13.1 Å². The Labute approximate surface area is 101 Å². The lowest BCUT2D eigenvalue weighted by molar-refractivity contribution is -0.00815. The van der Waals surface area contributed by atoms with Gasteiger partial charge in [0.1, 0.15) is 0 Å². The average Bonchev–Trinajstić information content (AvgIpc) is 2.40. The van der Waals surface area contributed by atoms with Gasteiger partial charge in [-0.3, -0.25) is 4.90 Å². The molecule has 0 radical (unpaired) electrons. The van der Waals surface area contributed by atoms with Crippen LogP contribution in [0.5, 0.6) is 0 Å². The highest BCUT2D eigenvalue weighted by Gasteiger charge is 2.29. The summed E-state index contributed by atoms with van der Waals surface area (Å²) >= 11 is 0. The van der Waals surface area contributed by atoms with Crippen LogP contribution in [0.1, 0.15) is 17.2 Å². The molecular weight excluding hydrogens is 214 g/mol. The van der Waals surface area contributed by atoms with Crippen molar-refractivity contribution >= 4 is 6.08 Å². The Kier molecular flexibility index (Phi) is 2.97. The number of aliphatic hydroxyl groups is 1. The molecule has 1 aromatic carbocycles. The number of benzene rings is 1. The third-order valence-corrected chi connectivity index (χ3v) is 3.58. The van der Waals surface area contributed by atoms with Gasteiger partial charge in [0.05, 0.1) is 25.4 Å². The molecule has 2 unspecified atom stereocenters. The van der Waals surface area contributed by atoms with Gasteiger partial charge in [-0.1, -0.05) is 36.4 Å². The number of ether oxygens (including phenoxy) is 1. The Bertz CT molecular complexity index is 424. The van der Waals surface area contributed by atoms with Crippen LogP contribution in [0, 0.1) is 0 Å². The fraction of sp³-hybridized carbons (Fsp3) is 0.429. The van der Waals surface area contributed by atoms with E-state index >= 15 is 0 Å². The molecule has 3 rings (SSSR count). The molecule has 1 aromatic rings. The van der Waals surface area contributed by atoms with Crippen molar-refractivity contribution in [3.63, 3.8) is 0 Å². The molecule has 1 fully saturated rings. The largest absolute Gasteiger partial charge is 0.386 e. The van der Waals surface area contributed by atoms with E-state index in [4.69, 9.17) is 4.74 Å². The summed E-state index contributed by atoms with van der Waals surface area (Å²) in [5.74, 6) is 0. The van der Waals surface area contributed by atoms with Crippen LogP contribution in [0.2, 0.25) is 0 Å². The van der Waals surface area contributed by atoms with Crippen molar-refractivity contribution in [3.8, 4) is 0 Å². The van der Waals surface area contributed by atoms with Crippen LogP contribution in [0.4, 0.5) is 0 Å². The predicted molar refractivity (Wildman–Crippen MR) is 66.6 cm³/mol. The zero-order chi connectivity index (χ0) is 11.7. The summed E-state index contributed by atoms with van der Waals surface area (Å²) in [5, 5.41) is 10.4. The van der Waals surface area contributed by atoms with Crippen molar-refractivity contribution in [2.45, 2.75) is 12.1 Å². The maximum absolute atomic E-state index is 10.4. The van der Waals surface area contributed by atoms with E-state index in [2.05, 4.69) is 17.1 Å². The summed E-state index contributed by atoms with van der Waals surface area (Å²) < 4.78 is 5.35. The fourth-order valence-electron chi connectivity index (χ4n) is 2.62. The molecule has 2 aliphatic rings. The van der Waals surface area contributed by atoms with Crippen molar-refractivity contribution in [1.82, 2.24) is 4.90 Å². The molecule has 0 bridgehead atoms. The summed E-state index contributed by atoms with van der Waals surface area (Å²) in [5.41, 5.74) is 2.16. The van der Waals surface area contributed by atoms with Gasteiger partial charge in [-0.15, -0.1) is 0 Å². The Hall–Kier alpha value is -1.16. The number of fused-ring (bicyclic) bond motifs is 1. The van der Waals surface area contributed by atoms with Crippen molar-refractivity contribution in [3.05, 3.63) is 41.5 Å². The van der Waals surface area contributed by atoms with E-state index in [1.165, 1.54) is 0 Å². The second kappa shape index (κ2) is 4.61. The normalized spacial score (nSPS) is 29.0. The number of aliphatic hydroxyl groups excluding tert-OH is 1. The molecular formula is C14H17NO2. The molecule has 3 heteroatoms. The maximum Gasteiger partial charge on any atom is 0.0986 e. The smallest absolute Gasteiger partial charge is 0.0986 e. The highest BCUT2D eigenvalue weighted by molar-refractivity contribution is 5.58. The number of nitrogens with zero attached hydrogens (tertiary/aromatic N) is 1. The lowest BCUT2D eigenvalue weighted by Gasteiger charge is -2.37. The van der Waals surface area contributed by atoms with Crippen molar-refractivity contribution < 1.29 is 9.84 Å². The van der Waals surface area contributed by atoms with E-state index in [0.29, 0.717) is 0 Å². The second-order valence-corrected chi connectivity index (χ2v) is 4.57. The molecule has 1 N–H and O–H groups in total. The topological polar surface area (TPSA) is 32.7 Å². The zero-order valence-corrected chi connectivity index (χ0v) is 9.75. The van der Waals surface area contributed by atoms with Gasteiger partial charge in [0.15, 0.2) is 0 Å². The lowest BCUT2D eigenvalue weighted by Crippen LogP contribution is -2.46. The average molecular weight is 231 g/mol. The summed E-state index contributed by atoms with van der Waals surface area (Å²) in [6, 6.07) is 8.14. The molecule has 0 spiro atoms. The van der Waals surface area contributed by atoms with Crippen LogP contribution in [0.15, 0.2) is 30.3 Å². The molecule has 2 atom stereocenters. The lowest BCUT2D eigenvalue weighted by atomic mass is 9.90. The van der Waals surface area contributed by atoms with E-state index in [0.717, 1.165) is 37.4 Å². The summed E-state index contributed by atoms with van der Waals surface area (Å²) in [4.78, 5) is 2.29. The third-order valence-electron chi connectivity index (χ3n) is 3.58. The number of hydrogen-bond acceptors (Lipinski definition) is 3. The van der Waals surface area contributed by atoms with Crippen LogP contribution in [0.25, 0.3) is 6.08 Å². The highest BCUT2D eigenvalue weighted by atomic mass is 16.5. The first kappa shape index (κ1) is 11.0. The Morgan fingerprint density at radius 3 is 2.76 bits per heavy atom. The molecule has 0 amide bonds. The first-order valence-corrected chi connectivity index (χ1v) is 6.13. The van der Waals surface area contributed by atoms with Gasteiger partial charge in [0.2, 0.25) is 0 Å². The van der Waals surface area contributed by atoms with Crippen molar-refractivity contribution in [1.29, 1.82) is 0 Å². The van der Waals surface area contributed by atoms with Gasteiger partial charge >= 0.3 is 0 Å². The SMILES string of the molecule is OC1c2ccccc2C=CC1N1CCOCC1. The molecule has 3 nitrogen and oxygen atoms in total. The van der Waals surface area contributed by atoms with E-state index in [9.17, 15) is 5.11 Å². The Morgan fingerprint density at radius 2 is 1.94 bits per heavy atom. The number of morpholine rings is 1. The van der Waals surface area contributed by atoms with Crippen LogP contribution in [-0.4, -0.2) is 42.4 Å². The summed E-state index contributed by atoms with van der Waals surface area (Å²) in [7, 11) is 0. The molecule has 90 valence electrons. The molecule has 1 aliphatic carbocycles.